The summed E-state index contributed by atoms with van der Waals surface area (Å²) in [6.07, 6.45) is 8.13. The molecule has 0 spiro atoms. The predicted octanol–water partition coefficient (Wildman–Crippen LogP) is 4.61. The predicted molar refractivity (Wildman–Crippen MR) is 121 cm³/mol. The molecule has 1 aliphatic carbocycles. The molecule has 1 aromatic heterocycles. The number of benzene rings is 1. The highest BCUT2D eigenvalue weighted by Crippen LogP contribution is 2.29. The van der Waals surface area contributed by atoms with Gasteiger partial charge in [0, 0.05) is 37.2 Å². The van der Waals surface area contributed by atoms with E-state index < -0.39 is 0 Å². The Hall–Kier alpha value is -1.20. The molecule has 0 radical (unpaired) electrons. The van der Waals surface area contributed by atoms with Crippen LogP contribution in [0.15, 0.2) is 41.8 Å². The maximum absolute atomic E-state index is 5.96. The third-order valence-corrected chi connectivity index (χ3v) is 8.02. The summed E-state index contributed by atoms with van der Waals surface area (Å²) >= 11 is 1.89. The maximum atomic E-state index is 5.96. The first kappa shape index (κ1) is 19.7. The van der Waals surface area contributed by atoms with Crippen molar-refractivity contribution >= 4 is 11.3 Å². The molecular formula is C25H34N2OS. The Balaban J connectivity index is 1.14. The summed E-state index contributed by atoms with van der Waals surface area (Å²) in [6.45, 7) is 6.94. The van der Waals surface area contributed by atoms with Gasteiger partial charge in [0.25, 0.3) is 0 Å². The van der Waals surface area contributed by atoms with E-state index in [0.29, 0.717) is 6.10 Å². The normalized spacial score (nSPS) is 23.8. The standard InChI is InChI=1S/C25H34N2OS/c1-2-6-22-16-23(15-21(22)5-1)27-11-9-20(10-12-27)17-26(18-24-7-3-13-28-24)19-25-8-4-14-29-25/h1-2,4-6,8,14,20,23-24H,3,7,9-13,15-19H2. The van der Waals surface area contributed by atoms with E-state index in [2.05, 4.69) is 51.6 Å². The minimum Gasteiger partial charge on any atom is -0.377 e. The van der Waals surface area contributed by atoms with Gasteiger partial charge < -0.3 is 4.74 Å². The van der Waals surface area contributed by atoms with Gasteiger partial charge in [-0.15, -0.1) is 11.3 Å². The first-order valence-electron chi connectivity index (χ1n) is 11.5. The lowest BCUT2D eigenvalue weighted by Gasteiger charge is -2.38. The molecule has 1 unspecified atom stereocenters. The SMILES string of the molecule is c1csc(CN(CC2CCN(C3Cc4ccccc4C3)CC2)CC2CCCO2)c1. The molecular weight excluding hydrogens is 376 g/mol. The van der Waals surface area contributed by atoms with Crippen LogP contribution in [-0.4, -0.2) is 54.7 Å². The lowest BCUT2D eigenvalue weighted by molar-refractivity contribution is 0.0545. The first-order chi connectivity index (χ1) is 14.3. The molecule has 156 valence electrons. The van der Waals surface area contributed by atoms with Gasteiger partial charge in [-0.25, -0.2) is 0 Å². The van der Waals surface area contributed by atoms with Gasteiger partial charge in [-0.1, -0.05) is 30.3 Å². The third kappa shape index (κ3) is 4.93. The maximum Gasteiger partial charge on any atom is 0.0702 e. The van der Waals surface area contributed by atoms with Crippen molar-refractivity contribution in [2.75, 3.05) is 32.8 Å². The van der Waals surface area contributed by atoms with Gasteiger partial charge >= 0.3 is 0 Å². The third-order valence-electron chi connectivity index (χ3n) is 7.16. The van der Waals surface area contributed by atoms with Crippen LogP contribution < -0.4 is 0 Å². The monoisotopic (exact) mass is 410 g/mol. The van der Waals surface area contributed by atoms with Gasteiger partial charge in [-0.05, 0) is 80.1 Å². The molecule has 2 fully saturated rings. The summed E-state index contributed by atoms with van der Waals surface area (Å²) in [7, 11) is 0. The summed E-state index contributed by atoms with van der Waals surface area (Å²) in [4.78, 5) is 6.96. The smallest absolute Gasteiger partial charge is 0.0702 e. The van der Waals surface area contributed by atoms with Crippen LogP contribution in [0, 0.1) is 5.92 Å². The lowest BCUT2D eigenvalue weighted by atomic mass is 9.94. The van der Waals surface area contributed by atoms with E-state index in [1.165, 1.54) is 63.0 Å². The van der Waals surface area contributed by atoms with Crippen LogP contribution in [0.5, 0.6) is 0 Å². The molecule has 4 heteroatoms. The number of hydrogen-bond acceptors (Lipinski definition) is 4. The molecule has 3 aliphatic rings. The largest absolute Gasteiger partial charge is 0.377 e. The molecule has 1 atom stereocenters. The number of likely N-dealkylation sites (tertiary alicyclic amines) is 1. The number of fused-ring (bicyclic) bond motifs is 1. The number of hydrogen-bond donors (Lipinski definition) is 0. The zero-order chi connectivity index (χ0) is 19.5. The van der Waals surface area contributed by atoms with Gasteiger partial charge in [0.1, 0.15) is 0 Å². The average Bonchev–Trinajstić information content (AvgIpc) is 3.50. The number of piperidine rings is 1. The van der Waals surface area contributed by atoms with Crippen LogP contribution in [0.4, 0.5) is 0 Å². The fraction of sp³-hybridized carbons (Fsp3) is 0.600. The molecule has 5 rings (SSSR count). The highest BCUT2D eigenvalue weighted by molar-refractivity contribution is 7.09. The van der Waals surface area contributed by atoms with Crippen molar-refractivity contribution in [3.8, 4) is 0 Å². The fourth-order valence-corrected chi connectivity index (χ4v) is 6.31. The number of ether oxygens (including phenoxy) is 1. The summed E-state index contributed by atoms with van der Waals surface area (Å²) < 4.78 is 5.96. The number of rotatable bonds is 7. The van der Waals surface area contributed by atoms with Crippen molar-refractivity contribution in [2.24, 2.45) is 5.92 Å². The highest BCUT2D eigenvalue weighted by Gasteiger charge is 2.30. The molecule has 1 aromatic carbocycles. The first-order valence-corrected chi connectivity index (χ1v) is 12.4. The number of thiophene rings is 1. The molecule has 2 aromatic rings. The van der Waals surface area contributed by atoms with Crippen LogP contribution in [0.25, 0.3) is 0 Å². The van der Waals surface area contributed by atoms with E-state index in [0.717, 1.165) is 31.7 Å². The molecule has 29 heavy (non-hydrogen) atoms. The van der Waals surface area contributed by atoms with Crippen molar-refractivity contribution in [2.45, 2.75) is 57.2 Å². The molecule has 3 nitrogen and oxygen atoms in total. The topological polar surface area (TPSA) is 15.7 Å². The van der Waals surface area contributed by atoms with E-state index in [4.69, 9.17) is 4.74 Å². The van der Waals surface area contributed by atoms with Gasteiger partial charge in [0.2, 0.25) is 0 Å². The molecule has 2 saturated heterocycles. The molecule has 2 aliphatic heterocycles. The van der Waals surface area contributed by atoms with Gasteiger partial charge in [0.05, 0.1) is 6.10 Å². The number of nitrogens with zero attached hydrogens (tertiary/aromatic N) is 2. The van der Waals surface area contributed by atoms with Crippen LogP contribution >= 0.6 is 11.3 Å². The van der Waals surface area contributed by atoms with E-state index >= 15 is 0 Å². The van der Waals surface area contributed by atoms with Gasteiger partial charge in [0.15, 0.2) is 0 Å². The zero-order valence-corrected chi connectivity index (χ0v) is 18.3. The van der Waals surface area contributed by atoms with E-state index in [1.54, 1.807) is 11.1 Å². The molecule has 3 heterocycles. The van der Waals surface area contributed by atoms with Gasteiger partial charge in [-0.2, -0.15) is 0 Å². The Labute approximate surface area is 179 Å². The van der Waals surface area contributed by atoms with Crippen molar-refractivity contribution in [3.63, 3.8) is 0 Å². The van der Waals surface area contributed by atoms with Crippen LogP contribution in [-0.2, 0) is 24.1 Å². The fourth-order valence-electron chi connectivity index (χ4n) is 5.56. The minimum absolute atomic E-state index is 0.451. The lowest BCUT2D eigenvalue weighted by Crippen LogP contribution is -2.44. The molecule has 0 saturated carbocycles. The summed E-state index contributed by atoms with van der Waals surface area (Å²) in [5.74, 6) is 0.830. The summed E-state index contributed by atoms with van der Waals surface area (Å²) in [5, 5.41) is 2.21. The van der Waals surface area contributed by atoms with Crippen molar-refractivity contribution in [1.82, 2.24) is 9.80 Å². The van der Waals surface area contributed by atoms with E-state index in [9.17, 15) is 0 Å². The highest BCUT2D eigenvalue weighted by atomic mass is 32.1. The Kier molecular flexibility index (Phi) is 6.33. The van der Waals surface area contributed by atoms with E-state index in [-0.39, 0.29) is 0 Å². The summed E-state index contributed by atoms with van der Waals surface area (Å²) in [5.41, 5.74) is 3.16. The molecule has 0 amide bonds. The average molecular weight is 411 g/mol. The van der Waals surface area contributed by atoms with Crippen LogP contribution in [0.3, 0.4) is 0 Å². The van der Waals surface area contributed by atoms with Gasteiger partial charge in [-0.3, -0.25) is 9.80 Å². The quantitative estimate of drug-likeness (QED) is 0.663. The molecule has 0 bridgehead atoms. The Morgan fingerprint density at radius 2 is 1.76 bits per heavy atom. The molecule has 0 N–H and O–H groups in total. The van der Waals surface area contributed by atoms with Crippen molar-refractivity contribution in [3.05, 3.63) is 57.8 Å². The Morgan fingerprint density at radius 1 is 0.966 bits per heavy atom. The second-order valence-corrected chi connectivity index (χ2v) is 10.3. The zero-order valence-electron chi connectivity index (χ0n) is 17.5. The minimum atomic E-state index is 0.451. The van der Waals surface area contributed by atoms with Crippen LogP contribution in [0.2, 0.25) is 0 Å². The second kappa shape index (κ2) is 9.30. The van der Waals surface area contributed by atoms with Crippen molar-refractivity contribution < 1.29 is 4.74 Å². The Bertz CT molecular complexity index is 738. The van der Waals surface area contributed by atoms with Crippen LogP contribution in [0.1, 0.15) is 41.7 Å². The second-order valence-electron chi connectivity index (χ2n) is 9.22. The Morgan fingerprint density at radius 3 is 2.41 bits per heavy atom. The summed E-state index contributed by atoms with van der Waals surface area (Å²) in [6, 6.07) is 14.3. The van der Waals surface area contributed by atoms with E-state index in [1.807, 2.05) is 11.3 Å². The van der Waals surface area contributed by atoms with Crippen molar-refractivity contribution in [1.29, 1.82) is 0 Å².